The van der Waals surface area contributed by atoms with Crippen molar-refractivity contribution in [3.8, 4) is 11.5 Å². The van der Waals surface area contributed by atoms with E-state index in [1.54, 1.807) is 6.07 Å². The third kappa shape index (κ3) is 6.23. The molecule has 7 heteroatoms. The van der Waals surface area contributed by atoms with Crippen LogP contribution in [0.2, 0.25) is 0 Å². The van der Waals surface area contributed by atoms with Crippen LogP contribution in [-0.4, -0.2) is 54.3 Å². The zero-order valence-electron chi connectivity index (χ0n) is 18.8. The maximum Gasteiger partial charge on any atom is 0.335 e. The van der Waals surface area contributed by atoms with Gasteiger partial charge in [0.05, 0.1) is 31.4 Å². The number of hydrogen-bond acceptors (Lipinski definition) is 5. The molecular formula is C25H31NO6. The first kappa shape index (κ1) is 23.6. The number of methoxy groups -OCH3 is 1. The van der Waals surface area contributed by atoms with E-state index in [4.69, 9.17) is 14.2 Å². The van der Waals surface area contributed by atoms with Crippen molar-refractivity contribution in [2.45, 2.75) is 45.4 Å². The number of carboxylic acids is 1. The van der Waals surface area contributed by atoms with Crippen LogP contribution in [0.4, 0.5) is 0 Å². The first-order chi connectivity index (χ1) is 15.4. The number of ether oxygens (including phenoxy) is 3. The fourth-order valence-corrected chi connectivity index (χ4v) is 3.82. The Balaban J connectivity index is 1.67. The molecule has 172 valence electrons. The van der Waals surface area contributed by atoms with Crippen LogP contribution in [0.15, 0.2) is 48.5 Å². The zero-order chi connectivity index (χ0) is 23.1. The summed E-state index contributed by atoms with van der Waals surface area (Å²) >= 11 is 0. The van der Waals surface area contributed by atoms with Crippen LogP contribution in [0.3, 0.4) is 0 Å². The number of benzene rings is 2. The summed E-state index contributed by atoms with van der Waals surface area (Å²) in [6, 6.07) is 14.3. The van der Waals surface area contributed by atoms with Gasteiger partial charge in [-0.1, -0.05) is 44.2 Å². The molecule has 0 radical (unpaired) electrons. The summed E-state index contributed by atoms with van der Waals surface area (Å²) in [4.78, 5) is 25.9. The Morgan fingerprint density at radius 1 is 1.12 bits per heavy atom. The summed E-state index contributed by atoms with van der Waals surface area (Å²) in [5.41, 5.74) is 1.22. The molecule has 0 saturated carbocycles. The van der Waals surface area contributed by atoms with E-state index in [1.165, 1.54) is 19.2 Å². The van der Waals surface area contributed by atoms with E-state index in [-0.39, 0.29) is 36.1 Å². The highest BCUT2D eigenvalue weighted by Crippen LogP contribution is 2.30. The normalized spacial score (nSPS) is 18.1. The monoisotopic (exact) mass is 441 g/mol. The maximum atomic E-state index is 12.9. The molecular weight excluding hydrogens is 410 g/mol. The maximum absolute atomic E-state index is 12.9. The summed E-state index contributed by atoms with van der Waals surface area (Å²) in [5.74, 6) is 0.112. The highest BCUT2D eigenvalue weighted by atomic mass is 16.5. The Kier molecular flexibility index (Phi) is 8.11. The molecule has 0 aromatic heterocycles. The number of carbonyl (C=O) groups excluding carboxylic acids is 1. The fraction of sp³-hybridized carbons (Fsp3) is 0.440. The van der Waals surface area contributed by atoms with E-state index in [0.717, 1.165) is 5.56 Å². The predicted molar refractivity (Wildman–Crippen MR) is 120 cm³/mol. The van der Waals surface area contributed by atoms with Crippen molar-refractivity contribution < 1.29 is 28.9 Å². The van der Waals surface area contributed by atoms with Crippen LogP contribution in [-0.2, 0) is 16.1 Å². The van der Waals surface area contributed by atoms with Crippen LogP contribution in [0.25, 0.3) is 0 Å². The molecule has 1 N–H and O–H groups in total. The van der Waals surface area contributed by atoms with Crippen molar-refractivity contribution in [3.05, 3.63) is 59.7 Å². The molecule has 1 amide bonds. The molecule has 1 heterocycles. The van der Waals surface area contributed by atoms with E-state index in [0.29, 0.717) is 37.5 Å². The van der Waals surface area contributed by atoms with E-state index in [2.05, 4.69) is 0 Å². The highest BCUT2D eigenvalue weighted by Gasteiger charge is 2.36. The van der Waals surface area contributed by atoms with Crippen molar-refractivity contribution in [1.29, 1.82) is 0 Å². The third-order valence-corrected chi connectivity index (χ3v) is 5.45. The lowest BCUT2D eigenvalue weighted by Crippen LogP contribution is -2.39. The number of rotatable bonds is 10. The molecule has 2 aromatic rings. The smallest absolute Gasteiger partial charge is 0.335 e. The van der Waals surface area contributed by atoms with Crippen LogP contribution in [0.1, 0.15) is 42.6 Å². The quantitative estimate of drug-likeness (QED) is 0.600. The lowest BCUT2D eigenvalue weighted by atomic mass is 10.1. The predicted octanol–water partition coefficient (Wildman–Crippen LogP) is 4.00. The molecule has 1 fully saturated rings. The first-order valence-electron chi connectivity index (χ1n) is 10.9. The van der Waals surface area contributed by atoms with Gasteiger partial charge >= 0.3 is 5.97 Å². The number of carbonyl (C=O) groups is 2. The topological polar surface area (TPSA) is 85.3 Å². The molecule has 1 aliphatic heterocycles. The Labute approximate surface area is 188 Å². The van der Waals surface area contributed by atoms with Gasteiger partial charge < -0.3 is 24.2 Å². The van der Waals surface area contributed by atoms with Crippen LogP contribution in [0.5, 0.6) is 11.5 Å². The molecule has 2 aromatic carbocycles. The highest BCUT2D eigenvalue weighted by molar-refractivity contribution is 5.88. The molecule has 32 heavy (non-hydrogen) atoms. The third-order valence-electron chi connectivity index (χ3n) is 5.45. The molecule has 2 unspecified atom stereocenters. The van der Waals surface area contributed by atoms with Gasteiger partial charge in [-0.15, -0.1) is 0 Å². The molecule has 7 nitrogen and oxygen atoms in total. The van der Waals surface area contributed by atoms with Gasteiger partial charge in [-0.2, -0.15) is 0 Å². The molecule has 0 bridgehead atoms. The minimum absolute atomic E-state index is 0.0730. The second-order valence-electron chi connectivity index (χ2n) is 8.43. The number of hydrogen-bond donors (Lipinski definition) is 1. The fourth-order valence-electron chi connectivity index (χ4n) is 3.82. The Hall–Kier alpha value is -3.06. The molecule has 1 aliphatic rings. The summed E-state index contributed by atoms with van der Waals surface area (Å²) in [6.07, 6.45) is 1.07. The van der Waals surface area contributed by atoms with Crippen molar-refractivity contribution in [2.24, 2.45) is 5.92 Å². The van der Waals surface area contributed by atoms with E-state index < -0.39 is 5.97 Å². The van der Waals surface area contributed by atoms with Gasteiger partial charge in [-0.05, 0) is 36.1 Å². The van der Waals surface area contributed by atoms with Gasteiger partial charge in [0.15, 0.2) is 11.5 Å². The zero-order valence-corrected chi connectivity index (χ0v) is 18.8. The molecule has 2 atom stereocenters. The Morgan fingerprint density at radius 3 is 2.53 bits per heavy atom. The van der Waals surface area contributed by atoms with Gasteiger partial charge in [-0.25, -0.2) is 4.79 Å². The van der Waals surface area contributed by atoms with Crippen molar-refractivity contribution >= 4 is 11.9 Å². The van der Waals surface area contributed by atoms with Gasteiger partial charge in [0.25, 0.3) is 0 Å². The standard InChI is InChI=1S/C25H31NO6/c1-17(2)11-24(27)26-14-21(31-15-18-7-5-4-6-8-18)13-20(26)16-32-22-10-9-19(25(28)29)12-23(22)30-3/h4-10,12,17,20-21H,11,13-16H2,1-3H3,(H,28,29). The van der Waals surface area contributed by atoms with Crippen molar-refractivity contribution in [1.82, 2.24) is 4.90 Å². The summed E-state index contributed by atoms with van der Waals surface area (Å²) in [6.45, 7) is 5.35. The Morgan fingerprint density at radius 2 is 1.88 bits per heavy atom. The lowest BCUT2D eigenvalue weighted by Gasteiger charge is -2.25. The summed E-state index contributed by atoms with van der Waals surface area (Å²) in [7, 11) is 1.47. The van der Waals surface area contributed by atoms with Gasteiger partial charge in [-0.3, -0.25) is 4.79 Å². The number of likely N-dealkylation sites (tertiary alicyclic amines) is 1. The minimum atomic E-state index is -1.03. The number of nitrogens with zero attached hydrogens (tertiary/aromatic N) is 1. The van der Waals surface area contributed by atoms with Crippen molar-refractivity contribution in [3.63, 3.8) is 0 Å². The average Bonchev–Trinajstić information content (AvgIpc) is 3.19. The van der Waals surface area contributed by atoms with Gasteiger partial charge in [0.2, 0.25) is 5.91 Å². The largest absolute Gasteiger partial charge is 0.493 e. The summed E-state index contributed by atoms with van der Waals surface area (Å²) in [5, 5.41) is 9.17. The van der Waals surface area contributed by atoms with E-state index >= 15 is 0 Å². The van der Waals surface area contributed by atoms with Crippen molar-refractivity contribution in [2.75, 3.05) is 20.3 Å². The van der Waals surface area contributed by atoms with Gasteiger partial charge in [0, 0.05) is 13.0 Å². The van der Waals surface area contributed by atoms with Gasteiger partial charge in [0.1, 0.15) is 6.61 Å². The second kappa shape index (κ2) is 11.0. The van der Waals surface area contributed by atoms with Crippen LogP contribution >= 0.6 is 0 Å². The Bertz CT molecular complexity index is 914. The number of carboxylic acid groups (broad SMARTS) is 1. The average molecular weight is 442 g/mol. The minimum Gasteiger partial charge on any atom is -0.493 e. The van der Waals surface area contributed by atoms with Crippen LogP contribution in [0, 0.1) is 5.92 Å². The molecule has 0 spiro atoms. The second-order valence-corrected chi connectivity index (χ2v) is 8.43. The first-order valence-corrected chi connectivity index (χ1v) is 10.9. The molecule has 3 rings (SSSR count). The number of amides is 1. The van der Waals surface area contributed by atoms with Crippen LogP contribution < -0.4 is 9.47 Å². The summed E-state index contributed by atoms with van der Waals surface area (Å²) < 4.78 is 17.4. The number of aromatic carboxylic acids is 1. The SMILES string of the molecule is COc1cc(C(=O)O)ccc1OCC1CC(OCc2ccccc2)CN1C(=O)CC(C)C. The van der Waals surface area contributed by atoms with E-state index in [1.807, 2.05) is 49.1 Å². The lowest BCUT2D eigenvalue weighted by molar-refractivity contribution is -0.133. The molecule has 1 saturated heterocycles. The van der Waals surface area contributed by atoms with E-state index in [9.17, 15) is 14.7 Å². The molecule has 0 aliphatic carbocycles.